The van der Waals surface area contributed by atoms with Crippen molar-refractivity contribution in [3.05, 3.63) is 58.2 Å². The number of ether oxygens (including phenoxy) is 1. The molecule has 0 aliphatic heterocycles. The maximum atomic E-state index is 13.3. The first-order valence-corrected chi connectivity index (χ1v) is 11.1. The van der Waals surface area contributed by atoms with Gasteiger partial charge in [0.2, 0.25) is 5.91 Å². The van der Waals surface area contributed by atoms with Gasteiger partial charge in [-0.3, -0.25) is 19.5 Å². The van der Waals surface area contributed by atoms with Gasteiger partial charge in [0.25, 0.3) is 5.56 Å². The van der Waals surface area contributed by atoms with Crippen LogP contribution in [0.3, 0.4) is 0 Å². The number of hydrogen-bond donors (Lipinski definition) is 1. The minimum Gasteiger partial charge on any atom is -0.450 e. The van der Waals surface area contributed by atoms with Gasteiger partial charge in [0.05, 0.1) is 17.7 Å². The van der Waals surface area contributed by atoms with E-state index in [1.807, 2.05) is 36.6 Å². The molecule has 156 valence electrons. The number of hydrogen-bond acceptors (Lipinski definition) is 7. The van der Waals surface area contributed by atoms with Gasteiger partial charge in [0.1, 0.15) is 4.83 Å². The van der Waals surface area contributed by atoms with Crippen molar-refractivity contribution >= 4 is 45.3 Å². The van der Waals surface area contributed by atoms with E-state index in [2.05, 4.69) is 16.9 Å². The standard InChI is InChI=1S/C21H21N3O4S2/c1-4-10-24-19(26)17-15(14-8-6-13(3)7-9-14)11-29-18(17)23-20(24)30-12-16(25)22-21(27)28-5-2/h4,6-9,11H,1,5,10,12H2,2-3H3,(H,22,25,27). The number of carbonyl (C=O) groups excluding carboxylic acids is 2. The molecule has 0 radical (unpaired) electrons. The number of thiophene rings is 1. The summed E-state index contributed by atoms with van der Waals surface area (Å²) in [5.74, 6) is -0.603. The maximum absolute atomic E-state index is 13.3. The molecule has 1 aromatic carbocycles. The normalized spacial score (nSPS) is 10.7. The number of aryl methyl sites for hydroxylation is 1. The molecule has 30 heavy (non-hydrogen) atoms. The Morgan fingerprint density at radius 1 is 1.33 bits per heavy atom. The van der Waals surface area contributed by atoms with Gasteiger partial charge < -0.3 is 4.74 Å². The number of carbonyl (C=O) groups is 2. The van der Waals surface area contributed by atoms with Crippen LogP contribution in [0, 0.1) is 6.92 Å². The highest BCUT2D eigenvalue weighted by atomic mass is 32.2. The highest BCUT2D eigenvalue weighted by Crippen LogP contribution is 2.32. The molecule has 2 aromatic heterocycles. The second-order valence-corrected chi connectivity index (χ2v) is 8.15. The number of thioether (sulfide) groups is 1. The highest BCUT2D eigenvalue weighted by Gasteiger charge is 2.18. The van der Waals surface area contributed by atoms with Gasteiger partial charge in [-0.2, -0.15) is 0 Å². The zero-order valence-electron chi connectivity index (χ0n) is 16.6. The summed E-state index contributed by atoms with van der Waals surface area (Å²) in [5.41, 5.74) is 2.73. The summed E-state index contributed by atoms with van der Waals surface area (Å²) in [6, 6.07) is 7.97. The largest absolute Gasteiger partial charge is 0.450 e. The second kappa shape index (κ2) is 9.73. The minimum atomic E-state index is -0.795. The number of imide groups is 1. The van der Waals surface area contributed by atoms with E-state index in [0.717, 1.165) is 28.5 Å². The van der Waals surface area contributed by atoms with Crippen LogP contribution in [0.4, 0.5) is 4.79 Å². The molecular formula is C21H21N3O4S2. The van der Waals surface area contributed by atoms with E-state index in [1.54, 1.807) is 13.0 Å². The van der Waals surface area contributed by atoms with Crippen molar-refractivity contribution in [2.75, 3.05) is 12.4 Å². The third kappa shape index (κ3) is 4.80. The first-order valence-electron chi connectivity index (χ1n) is 9.24. The molecule has 2 amide bonds. The Kier molecular flexibility index (Phi) is 7.07. The molecule has 0 saturated heterocycles. The number of amides is 2. The molecule has 1 N–H and O–H groups in total. The molecule has 3 rings (SSSR count). The fraction of sp³-hybridized carbons (Fsp3) is 0.238. The van der Waals surface area contributed by atoms with Crippen LogP contribution < -0.4 is 10.9 Å². The fourth-order valence-electron chi connectivity index (χ4n) is 2.80. The topological polar surface area (TPSA) is 90.3 Å². The van der Waals surface area contributed by atoms with Crippen LogP contribution >= 0.6 is 23.1 Å². The summed E-state index contributed by atoms with van der Waals surface area (Å²) in [4.78, 5) is 41.8. The molecule has 0 spiro atoms. The van der Waals surface area contributed by atoms with Crippen LogP contribution in [0.15, 0.2) is 52.3 Å². The zero-order chi connectivity index (χ0) is 21.7. The monoisotopic (exact) mass is 443 g/mol. The number of benzene rings is 1. The van der Waals surface area contributed by atoms with Crippen molar-refractivity contribution in [1.82, 2.24) is 14.9 Å². The molecule has 0 fully saturated rings. The number of rotatable bonds is 7. The Bertz CT molecular complexity index is 1150. The number of allylic oxidation sites excluding steroid dienone is 1. The van der Waals surface area contributed by atoms with Crippen molar-refractivity contribution < 1.29 is 14.3 Å². The molecule has 7 nitrogen and oxygen atoms in total. The van der Waals surface area contributed by atoms with E-state index in [-0.39, 0.29) is 24.5 Å². The molecule has 2 heterocycles. The van der Waals surface area contributed by atoms with Crippen LogP contribution in [0.5, 0.6) is 0 Å². The first-order chi connectivity index (χ1) is 14.4. The molecule has 0 aliphatic rings. The molecule has 0 aliphatic carbocycles. The van der Waals surface area contributed by atoms with Crippen LogP contribution in [-0.4, -0.2) is 33.9 Å². The van der Waals surface area contributed by atoms with E-state index in [4.69, 9.17) is 4.74 Å². The van der Waals surface area contributed by atoms with Gasteiger partial charge in [-0.1, -0.05) is 47.7 Å². The Balaban J connectivity index is 1.94. The van der Waals surface area contributed by atoms with Crippen molar-refractivity contribution in [2.45, 2.75) is 25.5 Å². The number of nitrogens with one attached hydrogen (secondary N) is 1. The summed E-state index contributed by atoms with van der Waals surface area (Å²) in [7, 11) is 0. The maximum Gasteiger partial charge on any atom is 0.413 e. The van der Waals surface area contributed by atoms with Gasteiger partial charge in [0.15, 0.2) is 5.16 Å². The average Bonchev–Trinajstić information content (AvgIpc) is 3.13. The summed E-state index contributed by atoms with van der Waals surface area (Å²) in [5, 5.41) is 4.99. The van der Waals surface area contributed by atoms with Crippen molar-refractivity contribution in [2.24, 2.45) is 0 Å². The zero-order valence-corrected chi connectivity index (χ0v) is 18.3. The summed E-state index contributed by atoms with van der Waals surface area (Å²) >= 11 is 2.46. The fourth-order valence-corrected chi connectivity index (χ4v) is 4.60. The van der Waals surface area contributed by atoms with E-state index in [1.165, 1.54) is 15.9 Å². The Labute approximate surface area is 181 Å². The predicted octanol–water partition coefficient (Wildman–Crippen LogP) is 3.98. The third-order valence-corrected chi connectivity index (χ3v) is 6.03. The minimum absolute atomic E-state index is 0.0793. The molecule has 0 saturated carbocycles. The lowest BCUT2D eigenvalue weighted by Gasteiger charge is -2.11. The molecular weight excluding hydrogens is 422 g/mol. The average molecular weight is 444 g/mol. The van der Waals surface area contributed by atoms with E-state index in [9.17, 15) is 14.4 Å². The van der Waals surface area contributed by atoms with Gasteiger partial charge in [-0.15, -0.1) is 17.9 Å². The smallest absolute Gasteiger partial charge is 0.413 e. The van der Waals surface area contributed by atoms with E-state index < -0.39 is 12.0 Å². The Morgan fingerprint density at radius 2 is 2.07 bits per heavy atom. The van der Waals surface area contributed by atoms with Gasteiger partial charge >= 0.3 is 6.09 Å². The summed E-state index contributed by atoms with van der Waals surface area (Å²) in [6.07, 6.45) is 0.811. The van der Waals surface area contributed by atoms with Crippen LogP contribution in [-0.2, 0) is 16.1 Å². The first kappa shape index (κ1) is 21.8. The van der Waals surface area contributed by atoms with Crippen molar-refractivity contribution in [1.29, 1.82) is 0 Å². The summed E-state index contributed by atoms with van der Waals surface area (Å²) in [6.45, 7) is 7.81. The lowest BCUT2D eigenvalue weighted by Crippen LogP contribution is -2.32. The number of nitrogens with zero attached hydrogens (tertiary/aromatic N) is 2. The lowest BCUT2D eigenvalue weighted by atomic mass is 10.1. The predicted molar refractivity (Wildman–Crippen MR) is 120 cm³/mol. The number of alkyl carbamates (subject to hydrolysis) is 1. The SMILES string of the molecule is C=CCn1c(SCC(=O)NC(=O)OCC)nc2scc(-c3ccc(C)cc3)c2c1=O. The Morgan fingerprint density at radius 3 is 2.73 bits per heavy atom. The van der Waals surface area contributed by atoms with Gasteiger partial charge in [-0.25, -0.2) is 9.78 Å². The van der Waals surface area contributed by atoms with Crippen LogP contribution in [0.25, 0.3) is 21.3 Å². The number of aromatic nitrogens is 2. The van der Waals surface area contributed by atoms with Crippen molar-refractivity contribution in [3.8, 4) is 11.1 Å². The van der Waals surface area contributed by atoms with E-state index in [0.29, 0.717) is 15.4 Å². The van der Waals surface area contributed by atoms with Crippen molar-refractivity contribution in [3.63, 3.8) is 0 Å². The second-order valence-electron chi connectivity index (χ2n) is 6.35. The molecule has 9 heteroatoms. The molecule has 0 unspecified atom stereocenters. The van der Waals surface area contributed by atoms with Crippen LogP contribution in [0.1, 0.15) is 12.5 Å². The quantitative estimate of drug-likeness (QED) is 0.337. The summed E-state index contributed by atoms with van der Waals surface area (Å²) < 4.78 is 6.18. The van der Waals surface area contributed by atoms with Crippen LogP contribution in [0.2, 0.25) is 0 Å². The van der Waals surface area contributed by atoms with Gasteiger partial charge in [0, 0.05) is 17.5 Å². The lowest BCUT2D eigenvalue weighted by molar-refractivity contribution is -0.117. The third-order valence-electron chi connectivity index (χ3n) is 4.18. The molecule has 0 bridgehead atoms. The number of fused-ring (bicyclic) bond motifs is 1. The van der Waals surface area contributed by atoms with E-state index >= 15 is 0 Å². The van der Waals surface area contributed by atoms with Gasteiger partial charge in [-0.05, 0) is 19.4 Å². The highest BCUT2D eigenvalue weighted by molar-refractivity contribution is 7.99. The molecule has 0 atom stereocenters. The molecule has 3 aromatic rings. The Hall–Kier alpha value is -2.91.